The van der Waals surface area contributed by atoms with E-state index in [1.165, 1.54) is 19.2 Å². The zero-order valence-corrected chi connectivity index (χ0v) is 9.34. The summed E-state index contributed by atoms with van der Waals surface area (Å²) in [4.78, 5) is 22.1. The lowest BCUT2D eigenvalue weighted by Crippen LogP contribution is -2.42. The van der Waals surface area contributed by atoms with Crippen LogP contribution in [0.2, 0.25) is 0 Å². The first kappa shape index (κ1) is 13.1. The van der Waals surface area contributed by atoms with Crippen LogP contribution in [0.4, 0.5) is 4.79 Å². The van der Waals surface area contributed by atoms with E-state index in [9.17, 15) is 9.59 Å². The molecule has 0 aliphatic rings. The third kappa shape index (κ3) is 4.18. The van der Waals surface area contributed by atoms with Gasteiger partial charge in [0.1, 0.15) is 11.8 Å². The molecular weight excluding hydrogens is 221 g/mol. The quantitative estimate of drug-likeness (QED) is 0.581. The van der Waals surface area contributed by atoms with Crippen LogP contribution in [0, 0.1) is 0 Å². The van der Waals surface area contributed by atoms with Gasteiger partial charge in [0.05, 0.1) is 7.11 Å². The summed E-state index contributed by atoms with van der Waals surface area (Å²) in [5.41, 5.74) is 0.770. The van der Waals surface area contributed by atoms with Gasteiger partial charge in [-0.05, 0) is 17.7 Å². The molecule has 1 atom stereocenters. The molecule has 1 aromatic rings. The van der Waals surface area contributed by atoms with E-state index >= 15 is 0 Å². The molecule has 1 rings (SSSR count). The lowest BCUT2D eigenvalue weighted by Gasteiger charge is -2.15. The Balaban J connectivity index is 2.75. The van der Waals surface area contributed by atoms with Crippen LogP contribution in [-0.4, -0.2) is 37.9 Å². The summed E-state index contributed by atoms with van der Waals surface area (Å²) in [7, 11) is 6.20. The summed E-state index contributed by atoms with van der Waals surface area (Å²) >= 11 is 0. The van der Waals surface area contributed by atoms with Gasteiger partial charge in [0.2, 0.25) is 7.85 Å². The molecule has 0 aliphatic heterocycles. The van der Waals surface area contributed by atoms with Gasteiger partial charge in [-0.25, -0.2) is 4.79 Å². The topological polar surface area (TPSA) is 75.6 Å². The van der Waals surface area contributed by atoms with Gasteiger partial charge in [-0.1, -0.05) is 12.1 Å². The summed E-state index contributed by atoms with van der Waals surface area (Å²) in [6.07, 6.45) is 0.246. The normalized spacial score (nSPS) is 11.6. The molecule has 5 nitrogen and oxygen atoms in total. The number of carbonyl (C=O) groups excluding carboxylic acids is 2. The predicted octanol–water partition coefficient (Wildman–Crippen LogP) is 0.354. The summed E-state index contributed by atoms with van der Waals surface area (Å²) in [5, 5.41) is 11.4. The number of hydrogen-bond acceptors (Lipinski definition) is 4. The number of nitrogens with one attached hydrogen (secondary N) is 1. The SMILES string of the molecule is [B]C(=O)NC(Cc1ccc(O)cc1)C(=O)OC. The molecule has 0 heterocycles. The molecule has 1 amide bonds. The lowest BCUT2D eigenvalue weighted by atomic mass is 10.0. The highest BCUT2D eigenvalue weighted by atomic mass is 16.5. The highest BCUT2D eigenvalue weighted by molar-refractivity contribution is 6.57. The van der Waals surface area contributed by atoms with Crippen molar-refractivity contribution in [3.05, 3.63) is 29.8 Å². The Morgan fingerprint density at radius 3 is 2.47 bits per heavy atom. The van der Waals surface area contributed by atoms with Crippen molar-refractivity contribution < 1.29 is 19.4 Å². The average Bonchev–Trinajstić information content (AvgIpc) is 2.29. The maximum atomic E-state index is 11.4. The Morgan fingerprint density at radius 1 is 1.41 bits per heavy atom. The van der Waals surface area contributed by atoms with Crippen LogP contribution in [0.3, 0.4) is 0 Å². The summed E-state index contributed by atoms with van der Waals surface area (Å²) in [6.45, 7) is 0. The minimum atomic E-state index is -0.831. The number of hydrogen-bond donors (Lipinski definition) is 2. The fourth-order valence-electron chi connectivity index (χ4n) is 1.38. The Morgan fingerprint density at radius 2 is 2.00 bits per heavy atom. The maximum absolute atomic E-state index is 11.4. The number of phenols is 1. The molecule has 0 aromatic heterocycles. The first-order chi connectivity index (χ1) is 8.02. The first-order valence-electron chi connectivity index (χ1n) is 4.94. The van der Waals surface area contributed by atoms with Crippen molar-refractivity contribution in [2.75, 3.05) is 7.11 Å². The number of rotatable bonds is 4. The van der Waals surface area contributed by atoms with Crippen LogP contribution in [0.5, 0.6) is 5.75 Å². The zero-order chi connectivity index (χ0) is 12.8. The Bertz CT molecular complexity index is 404. The molecular formula is C11H12BNO4. The molecule has 17 heavy (non-hydrogen) atoms. The number of esters is 1. The van der Waals surface area contributed by atoms with Gasteiger partial charge in [0, 0.05) is 6.42 Å². The van der Waals surface area contributed by atoms with Crippen LogP contribution < -0.4 is 5.32 Å². The second-order valence-electron chi connectivity index (χ2n) is 3.45. The average molecular weight is 233 g/mol. The Labute approximate surface area is 100 Å². The second kappa shape index (κ2) is 5.93. The van der Waals surface area contributed by atoms with Crippen molar-refractivity contribution >= 4 is 19.6 Å². The number of phenolic OH excluding ortho intramolecular Hbond substituents is 1. The van der Waals surface area contributed by atoms with Crippen LogP contribution in [0.1, 0.15) is 5.56 Å². The van der Waals surface area contributed by atoms with Gasteiger partial charge in [-0.15, -0.1) is 0 Å². The Kier molecular flexibility index (Phi) is 4.57. The van der Waals surface area contributed by atoms with Crippen molar-refractivity contribution in [2.24, 2.45) is 0 Å². The standard InChI is InChI=1S/C11H12BNO4/c1-17-10(15)9(13-11(12)16)6-7-2-4-8(14)5-3-7/h2-5,9,14H,6H2,1H3,(H,13,16). The molecule has 0 bridgehead atoms. The number of benzene rings is 1. The van der Waals surface area contributed by atoms with E-state index in [4.69, 9.17) is 13.0 Å². The molecule has 0 saturated heterocycles. The fraction of sp³-hybridized carbons (Fsp3) is 0.273. The van der Waals surface area contributed by atoms with Crippen LogP contribution in [0.15, 0.2) is 24.3 Å². The summed E-state index contributed by atoms with van der Waals surface area (Å²) < 4.78 is 4.55. The van der Waals surface area contributed by atoms with Gasteiger partial charge in [0.15, 0.2) is 5.81 Å². The van der Waals surface area contributed by atoms with Crippen molar-refractivity contribution in [2.45, 2.75) is 12.5 Å². The molecule has 2 N–H and O–H groups in total. The summed E-state index contributed by atoms with van der Waals surface area (Å²) in [6, 6.07) is 5.45. The van der Waals surface area contributed by atoms with Gasteiger partial charge in [0.25, 0.3) is 0 Å². The number of carbonyl (C=O) groups is 2. The molecule has 6 heteroatoms. The minimum absolute atomic E-state index is 0.131. The fourth-order valence-corrected chi connectivity index (χ4v) is 1.38. The third-order valence-electron chi connectivity index (χ3n) is 2.18. The van der Waals surface area contributed by atoms with E-state index in [-0.39, 0.29) is 12.2 Å². The van der Waals surface area contributed by atoms with Crippen molar-refractivity contribution in [1.29, 1.82) is 0 Å². The zero-order valence-electron chi connectivity index (χ0n) is 9.34. The van der Waals surface area contributed by atoms with Gasteiger partial charge in [-0.3, -0.25) is 4.79 Å². The predicted molar refractivity (Wildman–Crippen MR) is 61.9 cm³/mol. The maximum Gasteiger partial charge on any atom is 0.328 e. The van der Waals surface area contributed by atoms with Crippen molar-refractivity contribution in [1.82, 2.24) is 5.32 Å². The summed E-state index contributed by atoms with van der Waals surface area (Å²) in [5.74, 6) is -1.23. The first-order valence-corrected chi connectivity index (χ1v) is 4.94. The number of methoxy groups -OCH3 is 1. The molecule has 0 spiro atoms. The van der Waals surface area contributed by atoms with E-state index in [2.05, 4.69) is 10.1 Å². The number of amides is 1. The molecule has 1 aromatic carbocycles. The van der Waals surface area contributed by atoms with E-state index in [1.807, 2.05) is 0 Å². The van der Waals surface area contributed by atoms with Crippen LogP contribution in [0.25, 0.3) is 0 Å². The monoisotopic (exact) mass is 233 g/mol. The smallest absolute Gasteiger partial charge is 0.328 e. The van der Waals surface area contributed by atoms with Crippen LogP contribution >= 0.6 is 0 Å². The van der Waals surface area contributed by atoms with Gasteiger partial charge in [-0.2, -0.15) is 0 Å². The van der Waals surface area contributed by atoms with Crippen molar-refractivity contribution in [3.63, 3.8) is 0 Å². The highest BCUT2D eigenvalue weighted by Crippen LogP contribution is 2.11. The highest BCUT2D eigenvalue weighted by Gasteiger charge is 2.20. The molecule has 0 saturated carbocycles. The number of aromatic hydroxyl groups is 1. The molecule has 88 valence electrons. The second-order valence-corrected chi connectivity index (χ2v) is 3.45. The van der Waals surface area contributed by atoms with Crippen molar-refractivity contribution in [3.8, 4) is 5.75 Å². The lowest BCUT2D eigenvalue weighted by molar-refractivity contribution is -0.142. The van der Waals surface area contributed by atoms with Gasteiger partial charge >= 0.3 is 5.97 Å². The van der Waals surface area contributed by atoms with E-state index in [1.54, 1.807) is 12.1 Å². The van der Waals surface area contributed by atoms with Crippen LogP contribution in [-0.2, 0) is 16.0 Å². The molecule has 0 fully saturated rings. The Hall–Kier alpha value is -1.98. The minimum Gasteiger partial charge on any atom is -0.508 e. The van der Waals surface area contributed by atoms with E-state index < -0.39 is 17.8 Å². The molecule has 1 unspecified atom stereocenters. The molecule has 0 aliphatic carbocycles. The molecule has 2 radical (unpaired) electrons. The number of ether oxygens (including phenoxy) is 1. The van der Waals surface area contributed by atoms with E-state index in [0.29, 0.717) is 0 Å². The largest absolute Gasteiger partial charge is 0.508 e. The third-order valence-corrected chi connectivity index (χ3v) is 2.18. The van der Waals surface area contributed by atoms with Gasteiger partial charge < -0.3 is 15.2 Å². The van der Waals surface area contributed by atoms with E-state index in [0.717, 1.165) is 5.56 Å².